The van der Waals surface area contributed by atoms with E-state index in [1.165, 1.54) is 24.1 Å². The summed E-state index contributed by atoms with van der Waals surface area (Å²) < 4.78 is 34.4. The molecule has 0 aliphatic rings. The van der Waals surface area contributed by atoms with Gasteiger partial charge in [0.05, 0.1) is 17.7 Å². The number of carbonyl (C=O) groups is 2. The number of methoxy groups -OCH3 is 1. The van der Waals surface area contributed by atoms with Crippen molar-refractivity contribution in [3.8, 4) is 5.75 Å². The lowest BCUT2D eigenvalue weighted by atomic mass is 10.1. The van der Waals surface area contributed by atoms with Crippen LogP contribution < -0.4 is 14.4 Å². The second-order valence-corrected chi connectivity index (χ2v) is 11.4. The van der Waals surface area contributed by atoms with E-state index in [1.807, 2.05) is 45.0 Å². The molecule has 9 heteroatoms. The van der Waals surface area contributed by atoms with Crippen LogP contribution in [0.25, 0.3) is 0 Å². The molecule has 3 aromatic carbocycles. The van der Waals surface area contributed by atoms with E-state index < -0.39 is 28.5 Å². The highest BCUT2D eigenvalue weighted by Crippen LogP contribution is 2.32. The lowest BCUT2D eigenvalue weighted by Crippen LogP contribution is -2.52. The van der Waals surface area contributed by atoms with Crippen molar-refractivity contribution in [3.05, 3.63) is 90.0 Å². The fraction of sp³-hybridized carbons (Fsp3) is 0.355. The van der Waals surface area contributed by atoms with E-state index in [2.05, 4.69) is 5.32 Å². The topological polar surface area (TPSA) is 96.0 Å². The molecule has 0 fully saturated rings. The van der Waals surface area contributed by atoms with Crippen LogP contribution in [0.4, 0.5) is 5.69 Å². The van der Waals surface area contributed by atoms with Crippen LogP contribution in [0.5, 0.6) is 5.75 Å². The zero-order chi connectivity index (χ0) is 29.1. The Bertz CT molecular complexity index is 1360. The normalized spacial score (nSPS) is 11.9. The zero-order valence-electron chi connectivity index (χ0n) is 23.7. The molecule has 214 valence electrons. The Morgan fingerprint density at radius 2 is 1.57 bits per heavy atom. The number of sulfonamides is 1. The van der Waals surface area contributed by atoms with Crippen molar-refractivity contribution in [2.45, 2.75) is 57.5 Å². The van der Waals surface area contributed by atoms with Crippen molar-refractivity contribution in [2.75, 3.05) is 24.5 Å². The van der Waals surface area contributed by atoms with E-state index in [4.69, 9.17) is 4.74 Å². The second-order valence-electron chi connectivity index (χ2n) is 9.57. The number of hydrogen-bond donors (Lipinski definition) is 1. The second kappa shape index (κ2) is 14.5. The molecule has 0 unspecified atom stereocenters. The Kier molecular flexibility index (Phi) is 11.1. The first-order chi connectivity index (χ1) is 19.2. The number of amides is 2. The third-order valence-corrected chi connectivity index (χ3v) is 8.43. The van der Waals surface area contributed by atoms with E-state index in [9.17, 15) is 18.0 Å². The molecule has 0 aliphatic carbocycles. The fourth-order valence-electron chi connectivity index (χ4n) is 4.38. The average Bonchev–Trinajstić information content (AvgIpc) is 2.97. The van der Waals surface area contributed by atoms with Gasteiger partial charge in [-0.05, 0) is 49.6 Å². The first kappa shape index (κ1) is 30.7. The molecule has 1 N–H and O–H groups in total. The molecule has 0 heterocycles. The van der Waals surface area contributed by atoms with E-state index in [0.29, 0.717) is 18.7 Å². The summed E-state index contributed by atoms with van der Waals surface area (Å²) in [6, 6.07) is 21.6. The number of para-hydroxylation sites is 2. The Morgan fingerprint density at radius 1 is 0.925 bits per heavy atom. The van der Waals surface area contributed by atoms with E-state index in [1.54, 1.807) is 42.5 Å². The molecule has 0 aliphatic heterocycles. The number of unbranched alkanes of at least 4 members (excludes halogenated alkanes) is 1. The molecule has 0 saturated carbocycles. The third-order valence-electron chi connectivity index (χ3n) is 6.65. The van der Waals surface area contributed by atoms with Gasteiger partial charge in [-0.15, -0.1) is 0 Å². The molecule has 0 radical (unpaired) electrons. The fourth-order valence-corrected chi connectivity index (χ4v) is 5.83. The number of carbonyl (C=O) groups excluding carboxylic acids is 2. The maximum atomic E-state index is 14.1. The number of nitrogens with one attached hydrogen (secondary N) is 1. The summed E-state index contributed by atoms with van der Waals surface area (Å²) >= 11 is 0. The molecule has 2 amide bonds. The standard InChI is InChI=1S/C31H39N3O5S/c1-5-7-21-32-31(36)27(6-2)33(22-25-19-17-24(3)18-20-25)30(35)23-34(28-15-11-12-16-29(28)39-4)40(37,38)26-13-9-8-10-14-26/h8-20,27H,5-7,21-23H2,1-4H3,(H,32,36)/t27-/m0/s1. The number of ether oxygens (including phenoxy) is 1. The summed E-state index contributed by atoms with van der Waals surface area (Å²) in [6.45, 7) is 6.01. The lowest BCUT2D eigenvalue weighted by molar-refractivity contribution is -0.140. The highest BCUT2D eigenvalue weighted by molar-refractivity contribution is 7.92. The average molecular weight is 566 g/mol. The van der Waals surface area contributed by atoms with Gasteiger partial charge in [0.2, 0.25) is 11.8 Å². The molecule has 0 spiro atoms. The molecule has 3 aromatic rings. The van der Waals surface area contributed by atoms with E-state index in [-0.39, 0.29) is 23.0 Å². The predicted molar refractivity (Wildman–Crippen MR) is 158 cm³/mol. The van der Waals surface area contributed by atoms with Crippen LogP contribution in [-0.2, 0) is 26.2 Å². The van der Waals surface area contributed by atoms with Gasteiger partial charge in [-0.2, -0.15) is 0 Å². The number of nitrogens with zero attached hydrogens (tertiary/aromatic N) is 2. The largest absolute Gasteiger partial charge is 0.495 e. The molecule has 0 aromatic heterocycles. The molecule has 3 rings (SSSR count). The van der Waals surface area contributed by atoms with Crippen molar-refractivity contribution < 1.29 is 22.7 Å². The monoisotopic (exact) mass is 565 g/mol. The Morgan fingerprint density at radius 3 is 2.20 bits per heavy atom. The molecule has 0 saturated heterocycles. The van der Waals surface area contributed by atoms with Crippen molar-refractivity contribution in [2.24, 2.45) is 0 Å². The SMILES string of the molecule is CCCCNC(=O)[C@H](CC)N(Cc1ccc(C)cc1)C(=O)CN(c1ccccc1OC)S(=O)(=O)c1ccccc1. The first-order valence-corrected chi connectivity index (χ1v) is 15.0. The van der Waals surface area contributed by atoms with Gasteiger partial charge >= 0.3 is 0 Å². The van der Waals surface area contributed by atoms with Crippen molar-refractivity contribution in [3.63, 3.8) is 0 Å². The molecular formula is C31H39N3O5S. The van der Waals surface area contributed by atoms with Crippen LogP contribution in [0.3, 0.4) is 0 Å². The Hall–Kier alpha value is -3.85. The summed E-state index contributed by atoms with van der Waals surface area (Å²) in [5.41, 5.74) is 2.15. The van der Waals surface area contributed by atoms with Crippen LogP contribution in [-0.4, -0.2) is 51.4 Å². The summed E-state index contributed by atoms with van der Waals surface area (Å²) in [6.07, 6.45) is 2.12. The number of rotatable bonds is 14. The van der Waals surface area contributed by atoms with Gasteiger partial charge in [0.15, 0.2) is 0 Å². The summed E-state index contributed by atoms with van der Waals surface area (Å²) in [5.74, 6) is -0.445. The quantitative estimate of drug-likeness (QED) is 0.280. The van der Waals surface area contributed by atoms with Crippen molar-refractivity contribution in [1.29, 1.82) is 0 Å². The zero-order valence-corrected chi connectivity index (χ0v) is 24.5. The van der Waals surface area contributed by atoms with Gasteiger partial charge < -0.3 is 15.0 Å². The summed E-state index contributed by atoms with van der Waals surface area (Å²) in [5, 5.41) is 2.94. The molecular weight excluding hydrogens is 526 g/mol. The van der Waals surface area contributed by atoms with Gasteiger partial charge in [-0.1, -0.05) is 80.4 Å². The Balaban J connectivity index is 2.05. The van der Waals surface area contributed by atoms with Crippen molar-refractivity contribution >= 4 is 27.5 Å². The highest BCUT2D eigenvalue weighted by Gasteiger charge is 2.34. The van der Waals surface area contributed by atoms with Crippen LogP contribution in [0.1, 0.15) is 44.2 Å². The molecule has 8 nitrogen and oxygen atoms in total. The number of hydrogen-bond acceptors (Lipinski definition) is 5. The minimum Gasteiger partial charge on any atom is -0.495 e. The Labute approximate surface area is 238 Å². The van der Waals surface area contributed by atoms with Crippen LogP contribution in [0.15, 0.2) is 83.8 Å². The summed E-state index contributed by atoms with van der Waals surface area (Å²) in [4.78, 5) is 28.9. The highest BCUT2D eigenvalue weighted by atomic mass is 32.2. The minimum atomic E-state index is -4.16. The van der Waals surface area contributed by atoms with Gasteiger partial charge in [0, 0.05) is 13.1 Å². The van der Waals surface area contributed by atoms with Gasteiger partial charge in [-0.25, -0.2) is 8.42 Å². The number of anilines is 1. The lowest BCUT2D eigenvalue weighted by Gasteiger charge is -2.33. The van der Waals surface area contributed by atoms with Gasteiger partial charge in [-0.3, -0.25) is 13.9 Å². The van der Waals surface area contributed by atoms with Gasteiger partial charge in [0.25, 0.3) is 10.0 Å². The predicted octanol–water partition coefficient (Wildman–Crippen LogP) is 4.92. The minimum absolute atomic E-state index is 0.0446. The van der Waals surface area contributed by atoms with Crippen molar-refractivity contribution in [1.82, 2.24) is 10.2 Å². The third kappa shape index (κ3) is 7.63. The smallest absolute Gasteiger partial charge is 0.264 e. The first-order valence-electron chi connectivity index (χ1n) is 13.6. The van der Waals surface area contributed by atoms with E-state index >= 15 is 0 Å². The number of benzene rings is 3. The maximum Gasteiger partial charge on any atom is 0.264 e. The number of aryl methyl sites for hydroxylation is 1. The van der Waals surface area contributed by atoms with Crippen LogP contribution in [0, 0.1) is 6.92 Å². The van der Waals surface area contributed by atoms with Crippen LogP contribution >= 0.6 is 0 Å². The maximum absolute atomic E-state index is 14.1. The molecule has 1 atom stereocenters. The van der Waals surface area contributed by atoms with Gasteiger partial charge in [0.1, 0.15) is 18.3 Å². The summed E-state index contributed by atoms with van der Waals surface area (Å²) in [7, 11) is -2.71. The van der Waals surface area contributed by atoms with Crippen LogP contribution in [0.2, 0.25) is 0 Å². The van der Waals surface area contributed by atoms with E-state index in [0.717, 1.165) is 28.3 Å². The molecule has 0 bridgehead atoms. The molecule has 40 heavy (non-hydrogen) atoms.